The molecular weight excluding hydrogens is 371 g/mol. The van der Waals surface area contributed by atoms with Crippen LogP contribution in [-0.4, -0.2) is 29.8 Å². The van der Waals surface area contributed by atoms with Crippen LogP contribution in [0, 0.1) is 0 Å². The van der Waals surface area contributed by atoms with Crippen molar-refractivity contribution in [3.05, 3.63) is 69.7 Å². The fourth-order valence-electron chi connectivity index (χ4n) is 2.81. The number of amides is 2. The van der Waals surface area contributed by atoms with Crippen molar-refractivity contribution in [3.63, 3.8) is 0 Å². The Morgan fingerprint density at radius 3 is 2.19 bits per heavy atom. The predicted molar refractivity (Wildman–Crippen MR) is 105 cm³/mol. The average Bonchev–Trinajstić information content (AvgIpc) is 2.64. The van der Waals surface area contributed by atoms with E-state index in [1.54, 1.807) is 30.1 Å². The van der Waals surface area contributed by atoms with Crippen molar-refractivity contribution >= 4 is 35.0 Å². The zero-order chi connectivity index (χ0) is 19.1. The van der Waals surface area contributed by atoms with Crippen molar-refractivity contribution < 1.29 is 9.59 Å². The van der Waals surface area contributed by atoms with Crippen LogP contribution in [0.5, 0.6) is 0 Å². The van der Waals surface area contributed by atoms with E-state index in [2.05, 4.69) is 5.32 Å². The number of hydrogen-bond acceptors (Lipinski definition) is 2. The number of halogens is 2. The highest BCUT2D eigenvalue weighted by molar-refractivity contribution is 6.36. The van der Waals surface area contributed by atoms with E-state index in [9.17, 15) is 9.59 Å². The molecule has 0 aliphatic heterocycles. The SMILES string of the molecule is CC[C@@H](C(=O)NC)N(Cc1c(Cl)cccc1Cl)C(=O)Cc1ccccc1. The molecule has 6 heteroatoms. The van der Waals surface area contributed by atoms with Crippen LogP contribution in [0.3, 0.4) is 0 Å². The summed E-state index contributed by atoms with van der Waals surface area (Å²) in [5.74, 6) is -0.361. The third kappa shape index (κ3) is 4.99. The van der Waals surface area contributed by atoms with Gasteiger partial charge >= 0.3 is 0 Å². The molecule has 0 spiro atoms. The van der Waals surface area contributed by atoms with Gasteiger partial charge in [-0.2, -0.15) is 0 Å². The van der Waals surface area contributed by atoms with Crippen molar-refractivity contribution in [2.45, 2.75) is 32.4 Å². The van der Waals surface area contributed by atoms with Gasteiger partial charge in [-0.25, -0.2) is 0 Å². The highest BCUT2D eigenvalue weighted by atomic mass is 35.5. The first kappa shape index (κ1) is 20.3. The van der Waals surface area contributed by atoms with Gasteiger partial charge in [-0.05, 0) is 24.1 Å². The van der Waals surface area contributed by atoms with Crippen molar-refractivity contribution in [2.24, 2.45) is 0 Å². The van der Waals surface area contributed by atoms with Crippen LogP contribution in [0.25, 0.3) is 0 Å². The lowest BCUT2D eigenvalue weighted by Crippen LogP contribution is -2.48. The Morgan fingerprint density at radius 2 is 1.65 bits per heavy atom. The minimum Gasteiger partial charge on any atom is -0.357 e. The topological polar surface area (TPSA) is 49.4 Å². The summed E-state index contributed by atoms with van der Waals surface area (Å²) in [7, 11) is 1.56. The van der Waals surface area contributed by atoms with Crippen molar-refractivity contribution in [3.8, 4) is 0 Å². The number of nitrogens with one attached hydrogen (secondary N) is 1. The molecule has 0 aromatic heterocycles. The molecule has 0 heterocycles. The monoisotopic (exact) mass is 392 g/mol. The van der Waals surface area contributed by atoms with E-state index in [0.29, 0.717) is 22.0 Å². The molecule has 0 saturated carbocycles. The average molecular weight is 393 g/mol. The second-order valence-electron chi connectivity index (χ2n) is 5.92. The number of likely N-dealkylation sites (N-methyl/N-ethyl adjacent to an activating group) is 1. The number of rotatable bonds is 7. The summed E-state index contributed by atoms with van der Waals surface area (Å²) in [6, 6.07) is 14.0. The molecule has 0 bridgehead atoms. The summed E-state index contributed by atoms with van der Waals surface area (Å²) in [6.07, 6.45) is 0.693. The molecule has 0 unspecified atom stereocenters. The molecule has 2 amide bonds. The van der Waals surface area contributed by atoms with Crippen molar-refractivity contribution in [1.29, 1.82) is 0 Å². The minimum absolute atomic E-state index is 0.150. The molecule has 1 atom stereocenters. The molecule has 2 aromatic rings. The summed E-state index contributed by atoms with van der Waals surface area (Å²) in [4.78, 5) is 26.9. The van der Waals surface area contributed by atoms with Crippen molar-refractivity contribution in [2.75, 3.05) is 7.05 Å². The van der Waals surface area contributed by atoms with E-state index in [1.807, 2.05) is 37.3 Å². The third-order valence-electron chi connectivity index (χ3n) is 4.22. The lowest BCUT2D eigenvalue weighted by molar-refractivity contribution is -0.140. The van der Waals surface area contributed by atoms with Crippen LogP contribution in [0.4, 0.5) is 0 Å². The molecule has 4 nitrogen and oxygen atoms in total. The predicted octanol–water partition coefficient (Wildman–Crippen LogP) is 4.09. The highest BCUT2D eigenvalue weighted by Crippen LogP contribution is 2.27. The van der Waals surface area contributed by atoms with Crippen LogP contribution in [0.2, 0.25) is 10.0 Å². The Kier molecular flexibility index (Phi) is 7.49. The smallest absolute Gasteiger partial charge is 0.242 e. The van der Waals surface area contributed by atoms with Crippen LogP contribution in [-0.2, 0) is 22.6 Å². The fraction of sp³-hybridized carbons (Fsp3) is 0.300. The summed E-state index contributed by atoms with van der Waals surface area (Å²) in [6.45, 7) is 2.05. The Labute approximate surface area is 164 Å². The summed E-state index contributed by atoms with van der Waals surface area (Å²) < 4.78 is 0. The van der Waals surface area contributed by atoms with Crippen LogP contribution >= 0.6 is 23.2 Å². The summed E-state index contributed by atoms with van der Waals surface area (Å²) in [5.41, 5.74) is 1.53. The molecule has 2 rings (SSSR count). The van der Waals surface area contributed by atoms with Crippen LogP contribution in [0.15, 0.2) is 48.5 Å². The zero-order valence-electron chi connectivity index (χ0n) is 14.8. The summed E-state index contributed by atoms with van der Waals surface area (Å²) >= 11 is 12.6. The zero-order valence-corrected chi connectivity index (χ0v) is 16.3. The maximum absolute atomic E-state index is 13.0. The first-order valence-electron chi connectivity index (χ1n) is 8.45. The first-order valence-corrected chi connectivity index (χ1v) is 9.21. The van der Waals surface area contributed by atoms with E-state index >= 15 is 0 Å². The van der Waals surface area contributed by atoms with Gasteiger partial charge in [0.05, 0.1) is 6.42 Å². The fourth-order valence-corrected chi connectivity index (χ4v) is 3.33. The molecule has 0 saturated heterocycles. The maximum atomic E-state index is 13.0. The van der Waals surface area contributed by atoms with E-state index < -0.39 is 6.04 Å². The Balaban J connectivity index is 2.34. The number of hydrogen-bond donors (Lipinski definition) is 1. The van der Waals surface area contributed by atoms with Gasteiger partial charge in [0.2, 0.25) is 11.8 Å². The molecule has 2 aromatic carbocycles. The standard InChI is InChI=1S/C20H22Cl2N2O2/c1-3-18(20(26)23-2)24(13-15-16(21)10-7-11-17(15)22)19(25)12-14-8-5-4-6-9-14/h4-11,18H,3,12-13H2,1-2H3,(H,23,26)/t18-/m0/s1. The van der Waals surface area contributed by atoms with E-state index in [-0.39, 0.29) is 24.8 Å². The Hall–Kier alpha value is -2.04. The van der Waals surface area contributed by atoms with Gasteiger partial charge in [-0.15, -0.1) is 0 Å². The van der Waals surface area contributed by atoms with Gasteiger partial charge in [0, 0.05) is 29.2 Å². The highest BCUT2D eigenvalue weighted by Gasteiger charge is 2.29. The maximum Gasteiger partial charge on any atom is 0.242 e. The molecule has 0 radical (unpaired) electrons. The van der Waals surface area contributed by atoms with Gasteiger partial charge < -0.3 is 10.2 Å². The lowest BCUT2D eigenvalue weighted by atomic mass is 10.1. The number of nitrogens with zero attached hydrogens (tertiary/aromatic N) is 1. The lowest BCUT2D eigenvalue weighted by Gasteiger charge is -2.31. The number of carbonyl (C=O) groups is 2. The molecule has 0 aliphatic rings. The third-order valence-corrected chi connectivity index (χ3v) is 4.93. The molecule has 1 N–H and O–H groups in total. The van der Waals surface area contributed by atoms with Gasteiger partial charge in [-0.1, -0.05) is 66.5 Å². The number of carbonyl (C=O) groups excluding carboxylic acids is 2. The van der Waals surface area contributed by atoms with Crippen LogP contribution < -0.4 is 5.32 Å². The molecule has 138 valence electrons. The second-order valence-corrected chi connectivity index (χ2v) is 6.74. The van der Waals surface area contributed by atoms with Crippen LogP contribution in [0.1, 0.15) is 24.5 Å². The summed E-state index contributed by atoms with van der Waals surface area (Å²) in [5, 5.41) is 3.58. The minimum atomic E-state index is -0.594. The second kappa shape index (κ2) is 9.60. The molecule has 0 fully saturated rings. The van der Waals surface area contributed by atoms with E-state index in [4.69, 9.17) is 23.2 Å². The van der Waals surface area contributed by atoms with Gasteiger partial charge in [0.25, 0.3) is 0 Å². The quantitative estimate of drug-likeness (QED) is 0.771. The molecular formula is C20H22Cl2N2O2. The van der Waals surface area contributed by atoms with Gasteiger partial charge in [0.1, 0.15) is 6.04 Å². The Morgan fingerprint density at radius 1 is 1.04 bits per heavy atom. The van der Waals surface area contributed by atoms with Gasteiger partial charge in [0.15, 0.2) is 0 Å². The molecule has 26 heavy (non-hydrogen) atoms. The van der Waals surface area contributed by atoms with Crippen molar-refractivity contribution in [1.82, 2.24) is 10.2 Å². The first-order chi connectivity index (χ1) is 12.5. The molecule has 0 aliphatic carbocycles. The Bertz CT molecular complexity index is 745. The normalized spacial score (nSPS) is 11.7. The largest absolute Gasteiger partial charge is 0.357 e. The van der Waals surface area contributed by atoms with E-state index in [0.717, 1.165) is 5.56 Å². The van der Waals surface area contributed by atoms with E-state index in [1.165, 1.54) is 0 Å². The number of benzene rings is 2. The van der Waals surface area contributed by atoms with Gasteiger partial charge in [-0.3, -0.25) is 9.59 Å².